The van der Waals surface area contributed by atoms with Crippen molar-refractivity contribution >= 4 is 11.1 Å². The molecule has 0 aliphatic heterocycles. The lowest BCUT2D eigenvalue weighted by atomic mass is 10.0. The van der Waals surface area contributed by atoms with Crippen LogP contribution in [0.1, 0.15) is 0 Å². The number of methoxy groups -OCH3 is 3. The number of benzene rings is 3. The van der Waals surface area contributed by atoms with E-state index in [2.05, 4.69) is 11.6 Å². The summed E-state index contributed by atoms with van der Waals surface area (Å²) in [6.07, 6.45) is 1.70. The minimum Gasteiger partial charge on any atom is -0.493 e. The molecule has 31 heavy (non-hydrogen) atoms. The van der Waals surface area contributed by atoms with Crippen molar-refractivity contribution in [2.45, 2.75) is 0 Å². The van der Waals surface area contributed by atoms with E-state index in [1.54, 1.807) is 27.4 Å². The van der Waals surface area contributed by atoms with Gasteiger partial charge in [-0.05, 0) is 42.0 Å². The molecule has 0 radical (unpaired) electrons. The van der Waals surface area contributed by atoms with Gasteiger partial charge in [-0.3, -0.25) is 0 Å². The maximum absolute atomic E-state index is 6.10. The first-order valence-electron chi connectivity index (χ1n) is 9.73. The molecule has 0 saturated carbocycles. The smallest absolute Gasteiger partial charge is 0.231 e. The van der Waals surface area contributed by atoms with Crippen molar-refractivity contribution in [3.8, 4) is 45.6 Å². The Morgan fingerprint density at radius 3 is 2.42 bits per heavy atom. The van der Waals surface area contributed by atoms with Crippen LogP contribution < -0.4 is 18.9 Å². The first-order valence-corrected chi connectivity index (χ1v) is 9.73. The van der Waals surface area contributed by atoms with Crippen LogP contribution in [-0.4, -0.2) is 32.9 Å². The van der Waals surface area contributed by atoms with E-state index in [1.165, 1.54) is 0 Å². The molecule has 0 fully saturated rings. The molecule has 0 spiro atoms. The third-order valence-corrected chi connectivity index (χ3v) is 4.88. The number of aromatic nitrogens is 1. The van der Waals surface area contributed by atoms with E-state index in [-0.39, 0.29) is 0 Å². The number of ether oxygens (including phenoxy) is 4. The maximum Gasteiger partial charge on any atom is 0.231 e. The van der Waals surface area contributed by atoms with Crippen molar-refractivity contribution in [2.24, 2.45) is 0 Å². The number of oxazole rings is 1. The van der Waals surface area contributed by atoms with Gasteiger partial charge in [-0.25, -0.2) is 4.98 Å². The van der Waals surface area contributed by atoms with Crippen molar-refractivity contribution in [1.82, 2.24) is 4.98 Å². The fourth-order valence-corrected chi connectivity index (χ4v) is 3.45. The average Bonchev–Trinajstić information content (AvgIpc) is 3.25. The summed E-state index contributed by atoms with van der Waals surface area (Å²) in [6.45, 7) is 4.10. The van der Waals surface area contributed by atoms with E-state index in [4.69, 9.17) is 23.4 Å². The van der Waals surface area contributed by atoms with E-state index in [9.17, 15) is 0 Å². The van der Waals surface area contributed by atoms with Gasteiger partial charge in [0.1, 0.15) is 17.9 Å². The summed E-state index contributed by atoms with van der Waals surface area (Å²) in [5.41, 5.74) is 3.95. The highest BCUT2D eigenvalue weighted by molar-refractivity contribution is 5.85. The monoisotopic (exact) mass is 417 g/mol. The van der Waals surface area contributed by atoms with Gasteiger partial charge in [-0.15, -0.1) is 0 Å². The predicted molar refractivity (Wildman–Crippen MR) is 120 cm³/mol. The van der Waals surface area contributed by atoms with Gasteiger partial charge in [0.05, 0.1) is 26.9 Å². The third kappa shape index (κ3) is 3.80. The molecule has 0 aliphatic carbocycles. The molecular formula is C25H23NO5. The molecule has 0 aliphatic rings. The van der Waals surface area contributed by atoms with E-state index in [0.29, 0.717) is 41.1 Å². The van der Waals surface area contributed by atoms with Crippen LogP contribution in [0.4, 0.5) is 0 Å². The number of hydrogen-bond donors (Lipinski definition) is 0. The van der Waals surface area contributed by atoms with Crippen LogP contribution in [0.5, 0.6) is 23.0 Å². The zero-order valence-corrected chi connectivity index (χ0v) is 17.7. The minimum atomic E-state index is 0.403. The molecule has 1 heterocycles. The Bertz CT molecular complexity index is 1230. The number of nitrogens with zero attached hydrogens (tertiary/aromatic N) is 1. The number of rotatable bonds is 8. The molecule has 0 atom stereocenters. The summed E-state index contributed by atoms with van der Waals surface area (Å²) in [4.78, 5) is 4.64. The van der Waals surface area contributed by atoms with Crippen molar-refractivity contribution < 1.29 is 23.4 Å². The van der Waals surface area contributed by atoms with Crippen LogP contribution >= 0.6 is 0 Å². The Morgan fingerprint density at radius 2 is 1.68 bits per heavy atom. The Balaban J connectivity index is 1.79. The lowest BCUT2D eigenvalue weighted by Gasteiger charge is -2.15. The highest BCUT2D eigenvalue weighted by Crippen LogP contribution is 2.45. The first-order chi connectivity index (χ1) is 15.2. The first kappa shape index (κ1) is 20.3. The molecule has 1 aromatic heterocycles. The number of para-hydroxylation sites is 1. The quantitative estimate of drug-likeness (QED) is 0.340. The molecule has 3 aromatic carbocycles. The van der Waals surface area contributed by atoms with Gasteiger partial charge < -0.3 is 23.4 Å². The Kier molecular flexibility index (Phi) is 5.80. The predicted octanol–water partition coefficient (Wildman–Crippen LogP) is 5.75. The van der Waals surface area contributed by atoms with Crippen LogP contribution in [0.2, 0.25) is 0 Å². The topological polar surface area (TPSA) is 63.0 Å². The fourth-order valence-electron chi connectivity index (χ4n) is 3.45. The summed E-state index contributed by atoms with van der Waals surface area (Å²) in [6, 6.07) is 17.2. The summed E-state index contributed by atoms with van der Waals surface area (Å²) >= 11 is 0. The highest BCUT2D eigenvalue weighted by Gasteiger charge is 2.19. The second-order valence-electron chi connectivity index (χ2n) is 6.68. The van der Waals surface area contributed by atoms with Crippen molar-refractivity contribution in [2.75, 3.05) is 27.9 Å². The molecule has 4 rings (SSSR count). The molecule has 0 unspecified atom stereocenters. The number of fused-ring (bicyclic) bond motifs is 1. The fraction of sp³-hybridized carbons (Fsp3) is 0.160. The molecule has 6 heteroatoms. The summed E-state index contributed by atoms with van der Waals surface area (Å²) in [7, 11) is 4.78. The normalized spacial score (nSPS) is 10.7. The second kappa shape index (κ2) is 8.83. The standard InChI is InChI=1S/C25H23NO5/c1-5-14-30-20-9-7-6-8-18(20)25-26-19-12-10-16(15-22(19)31-25)17-11-13-21(27-2)24(29-4)23(17)28-3/h5-13,15H,1,14H2,2-4H3. The lowest BCUT2D eigenvalue weighted by Crippen LogP contribution is -1.96. The van der Waals surface area contributed by atoms with Crippen LogP contribution in [-0.2, 0) is 0 Å². The molecule has 4 aromatic rings. The summed E-state index contributed by atoms with van der Waals surface area (Å²) in [5, 5.41) is 0. The van der Waals surface area contributed by atoms with Crippen molar-refractivity contribution in [1.29, 1.82) is 0 Å². The molecule has 6 nitrogen and oxygen atoms in total. The third-order valence-electron chi connectivity index (χ3n) is 4.88. The molecular weight excluding hydrogens is 394 g/mol. The van der Waals surface area contributed by atoms with Gasteiger partial charge in [0.15, 0.2) is 17.1 Å². The van der Waals surface area contributed by atoms with Crippen LogP contribution in [0.15, 0.2) is 71.7 Å². The van der Waals surface area contributed by atoms with Crippen LogP contribution in [0.3, 0.4) is 0 Å². The van der Waals surface area contributed by atoms with Crippen molar-refractivity contribution in [3.63, 3.8) is 0 Å². The van der Waals surface area contributed by atoms with Gasteiger partial charge in [-0.1, -0.05) is 30.9 Å². The van der Waals surface area contributed by atoms with Gasteiger partial charge in [-0.2, -0.15) is 0 Å². The second-order valence-corrected chi connectivity index (χ2v) is 6.68. The SMILES string of the molecule is C=CCOc1ccccc1-c1nc2ccc(-c3ccc(OC)c(OC)c3OC)cc2o1. The van der Waals surface area contributed by atoms with Gasteiger partial charge in [0.25, 0.3) is 0 Å². The van der Waals surface area contributed by atoms with E-state index in [0.717, 1.165) is 22.2 Å². The maximum atomic E-state index is 6.10. The van der Waals surface area contributed by atoms with E-state index in [1.807, 2.05) is 54.6 Å². The minimum absolute atomic E-state index is 0.403. The summed E-state index contributed by atoms with van der Waals surface area (Å²) in [5.74, 6) is 2.90. The van der Waals surface area contributed by atoms with E-state index >= 15 is 0 Å². The van der Waals surface area contributed by atoms with Gasteiger partial charge in [0.2, 0.25) is 11.6 Å². The van der Waals surface area contributed by atoms with E-state index < -0.39 is 0 Å². The van der Waals surface area contributed by atoms with Crippen LogP contribution in [0, 0.1) is 0 Å². The number of hydrogen-bond acceptors (Lipinski definition) is 6. The zero-order valence-electron chi connectivity index (χ0n) is 17.7. The molecule has 0 bridgehead atoms. The van der Waals surface area contributed by atoms with Crippen LogP contribution in [0.25, 0.3) is 33.7 Å². The molecule has 158 valence electrons. The van der Waals surface area contributed by atoms with Gasteiger partial charge in [0, 0.05) is 5.56 Å². The molecule has 0 amide bonds. The Labute approximate surface area is 180 Å². The molecule has 0 saturated heterocycles. The molecule has 0 N–H and O–H groups in total. The zero-order chi connectivity index (χ0) is 21.8. The van der Waals surface area contributed by atoms with Crippen molar-refractivity contribution in [3.05, 3.63) is 67.3 Å². The lowest BCUT2D eigenvalue weighted by molar-refractivity contribution is 0.325. The largest absolute Gasteiger partial charge is 0.493 e. The Hall–Kier alpha value is -3.93. The van der Waals surface area contributed by atoms with Gasteiger partial charge >= 0.3 is 0 Å². The summed E-state index contributed by atoms with van der Waals surface area (Å²) < 4.78 is 28.4. The highest BCUT2D eigenvalue weighted by atomic mass is 16.5. The average molecular weight is 417 g/mol. The Morgan fingerprint density at radius 1 is 0.871 bits per heavy atom.